The van der Waals surface area contributed by atoms with Gasteiger partial charge >= 0.3 is 0 Å². The van der Waals surface area contributed by atoms with Crippen molar-refractivity contribution in [1.82, 2.24) is 18.2 Å². The Labute approximate surface area is 100 Å². The van der Waals surface area contributed by atoms with Crippen LogP contribution in [0.25, 0.3) is 0 Å². The largest absolute Gasteiger partial charge is 0.303 e. The van der Waals surface area contributed by atoms with E-state index in [1.54, 1.807) is 0 Å². The predicted molar refractivity (Wildman–Crippen MR) is 66.5 cm³/mol. The van der Waals surface area contributed by atoms with Crippen LogP contribution in [-0.4, -0.2) is 73.7 Å². The first-order valence-electron chi connectivity index (χ1n) is 5.28. The van der Waals surface area contributed by atoms with Gasteiger partial charge in [0, 0.05) is 68.2 Å². The van der Waals surface area contributed by atoms with Crippen molar-refractivity contribution in [2.75, 3.05) is 53.0 Å². The van der Waals surface area contributed by atoms with Gasteiger partial charge in [-0.3, -0.25) is 9.80 Å². The molecule has 2 saturated heterocycles. The number of rotatable bonds is 2. The smallest absolute Gasteiger partial charge is 0.0571 e. The third-order valence-corrected chi connectivity index (χ3v) is 3.60. The maximum Gasteiger partial charge on any atom is 0.0571 e. The van der Waals surface area contributed by atoms with Crippen molar-refractivity contribution in [2.24, 2.45) is 0 Å². The molecular formula is C9H19IN4. The van der Waals surface area contributed by atoms with Crippen LogP contribution in [0.4, 0.5) is 0 Å². The highest BCUT2D eigenvalue weighted by molar-refractivity contribution is 14.1. The van der Waals surface area contributed by atoms with Crippen molar-refractivity contribution < 1.29 is 0 Å². The van der Waals surface area contributed by atoms with Crippen molar-refractivity contribution in [3.8, 4) is 0 Å². The highest BCUT2D eigenvalue weighted by Crippen LogP contribution is 2.13. The molecule has 2 aliphatic heterocycles. The summed E-state index contributed by atoms with van der Waals surface area (Å²) in [5, 5.41) is 0. The van der Waals surface area contributed by atoms with Gasteiger partial charge in [0.05, 0.1) is 6.67 Å². The molecule has 1 atom stereocenters. The molecule has 0 amide bonds. The molecule has 2 rings (SSSR count). The average molecular weight is 310 g/mol. The van der Waals surface area contributed by atoms with Crippen LogP contribution in [0.15, 0.2) is 0 Å². The van der Waals surface area contributed by atoms with E-state index in [9.17, 15) is 0 Å². The van der Waals surface area contributed by atoms with Gasteiger partial charge < -0.3 is 4.90 Å². The van der Waals surface area contributed by atoms with E-state index in [1.807, 2.05) is 0 Å². The van der Waals surface area contributed by atoms with Crippen molar-refractivity contribution in [3.05, 3.63) is 0 Å². The summed E-state index contributed by atoms with van der Waals surface area (Å²) in [5.74, 6) is 0. The molecule has 82 valence electrons. The summed E-state index contributed by atoms with van der Waals surface area (Å²) in [4.78, 5) is 7.60. The Balaban J connectivity index is 1.86. The lowest BCUT2D eigenvalue weighted by Crippen LogP contribution is -2.61. The summed E-state index contributed by atoms with van der Waals surface area (Å²) < 4.78 is 3.21. The molecule has 0 aliphatic carbocycles. The highest BCUT2D eigenvalue weighted by Gasteiger charge is 2.30. The zero-order valence-electron chi connectivity index (χ0n) is 8.75. The second kappa shape index (κ2) is 5.07. The van der Waals surface area contributed by atoms with Gasteiger partial charge in [-0.25, -0.2) is 3.53 Å². The molecule has 0 bridgehead atoms. The quantitative estimate of drug-likeness (QED) is 0.564. The molecule has 2 aliphatic rings. The molecule has 14 heavy (non-hydrogen) atoms. The summed E-state index contributed by atoms with van der Waals surface area (Å²) in [6, 6.07) is 0.757. The van der Waals surface area contributed by atoms with Crippen LogP contribution in [-0.2, 0) is 0 Å². The minimum Gasteiger partial charge on any atom is -0.303 e. The Bertz CT molecular complexity index is 190. The Morgan fingerprint density at radius 2 is 2.00 bits per heavy atom. The van der Waals surface area contributed by atoms with Crippen LogP contribution in [0, 0.1) is 0 Å². The third-order valence-electron chi connectivity index (χ3n) is 3.26. The zero-order chi connectivity index (χ0) is 9.97. The normalized spacial score (nSPS) is 31.7. The Morgan fingerprint density at radius 1 is 1.21 bits per heavy atom. The maximum atomic E-state index is 3.21. The molecule has 5 heteroatoms. The lowest BCUT2D eigenvalue weighted by Gasteiger charge is -2.46. The summed E-state index contributed by atoms with van der Waals surface area (Å²) >= 11 is 2.23. The third kappa shape index (κ3) is 2.57. The first-order valence-corrected chi connectivity index (χ1v) is 6.36. The van der Waals surface area contributed by atoms with Gasteiger partial charge in [-0.15, -0.1) is 0 Å². The number of hydrogen-bond donors (Lipinski definition) is 1. The van der Waals surface area contributed by atoms with E-state index in [0.717, 1.165) is 12.7 Å². The second-order valence-corrected chi connectivity index (χ2v) is 5.08. The number of piperazine rings is 2. The van der Waals surface area contributed by atoms with Gasteiger partial charge in [0.25, 0.3) is 0 Å². The first kappa shape index (κ1) is 11.1. The van der Waals surface area contributed by atoms with E-state index in [4.69, 9.17) is 0 Å². The molecule has 1 unspecified atom stereocenters. The standard InChI is InChI=1S/C9H19IN4/c1-12-2-4-14-5-3-13(8-11-10)7-9(14)6-12/h9,11H,2-8H2,1H3. The summed E-state index contributed by atoms with van der Waals surface area (Å²) in [5.41, 5.74) is 0. The minimum absolute atomic E-state index is 0.757. The molecule has 0 aromatic heterocycles. The number of halogens is 1. The SMILES string of the molecule is CN1CCN2CCN(CNI)CC2C1. The molecule has 0 saturated carbocycles. The molecular weight excluding hydrogens is 291 g/mol. The van der Waals surface area contributed by atoms with Gasteiger partial charge in [0.2, 0.25) is 0 Å². The second-order valence-electron chi connectivity index (χ2n) is 4.32. The number of fused-ring (bicyclic) bond motifs is 1. The first-order chi connectivity index (χ1) is 6.79. The average Bonchev–Trinajstić information content (AvgIpc) is 2.17. The van der Waals surface area contributed by atoms with Crippen LogP contribution in [0.2, 0.25) is 0 Å². The van der Waals surface area contributed by atoms with Crippen molar-refractivity contribution >= 4 is 22.9 Å². The molecule has 2 fully saturated rings. The van der Waals surface area contributed by atoms with E-state index in [-0.39, 0.29) is 0 Å². The molecule has 2 heterocycles. The number of nitrogens with zero attached hydrogens (tertiary/aromatic N) is 3. The maximum absolute atomic E-state index is 3.21. The van der Waals surface area contributed by atoms with Gasteiger partial charge in [0.1, 0.15) is 0 Å². The molecule has 0 aromatic carbocycles. The van der Waals surface area contributed by atoms with Crippen LogP contribution in [0.5, 0.6) is 0 Å². The molecule has 4 nitrogen and oxygen atoms in total. The van der Waals surface area contributed by atoms with E-state index < -0.39 is 0 Å². The van der Waals surface area contributed by atoms with Gasteiger partial charge in [-0.2, -0.15) is 0 Å². The summed E-state index contributed by atoms with van der Waals surface area (Å²) in [6.07, 6.45) is 0. The highest BCUT2D eigenvalue weighted by atomic mass is 127. The number of nitrogens with one attached hydrogen (secondary N) is 1. The zero-order valence-corrected chi connectivity index (χ0v) is 10.9. The predicted octanol–water partition coefficient (Wildman–Crippen LogP) is -0.185. The van der Waals surface area contributed by atoms with E-state index in [2.05, 4.69) is 48.1 Å². The Hall–Kier alpha value is 0.570. The molecule has 0 radical (unpaired) electrons. The molecule has 1 N–H and O–H groups in total. The topological polar surface area (TPSA) is 21.8 Å². The van der Waals surface area contributed by atoms with Crippen molar-refractivity contribution in [1.29, 1.82) is 0 Å². The number of hydrogen-bond acceptors (Lipinski definition) is 4. The monoisotopic (exact) mass is 310 g/mol. The lowest BCUT2D eigenvalue weighted by atomic mass is 10.1. The van der Waals surface area contributed by atoms with Gasteiger partial charge in [-0.05, 0) is 7.05 Å². The van der Waals surface area contributed by atoms with Crippen LogP contribution in [0.3, 0.4) is 0 Å². The summed E-state index contributed by atoms with van der Waals surface area (Å²) in [7, 11) is 2.23. The van der Waals surface area contributed by atoms with E-state index >= 15 is 0 Å². The van der Waals surface area contributed by atoms with E-state index in [1.165, 1.54) is 39.3 Å². The van der Waals surface area contributed by atoms with Crippen LogP contribution in [0.1, 0.15) is 0 Å². The van der Waals surface area contributed by atoms with Crippen molar-refractivity contribution in [2.45, 2.75) is 6.04 Å². The van der Waals surface area contributed by atoms with Crippen LogP contribution < -0.4 is 3.53 Å². The van der Waals surface area contributed by atoms with Gasteiger partial charge in [-0.1, -0.05) is 0 Å². The fraction of sp³-hybridized carbons (Fsp3) is 1.00. The summed E-state index contributed by atoms with van der Waals surface area (Å²) in [6.45, 7) is 8.44. The Morgan fingerprint density at radius 3 is 2.79 bits per heavy atom. The molecule has 0 aromatic rings. The van der Waals surface area contributed by atoms with Gasteiger partial charge in [0.15, 0.2) is 0 Å². The Kier molecular flexibility index (Phi) is 4.01. The number of likely N-dealkylation sites (N-methyl/N-ethyl adjacent to an activating group) is 1. The fourth-order valence-electron chi connectivity index (χ4n) is 2.40. The lowest BCUT2D eigenvalue weighted by molar-refractivity contribution is 0.0205. The fourth-order valence-corrected chi connectivity index (χ4v) is 2.89. The minimum atomic E-state index is 0.757. The van der Waals surface area contributed by atoms with Crippen molar-refractivity contribution in [3.63, 3.8) is 0 Å². The van der Waals surface area contributed by atoms with Crippen LogP contribution >= 0.6 is 22.9 Å². The molecule has 0 spiro atoms. The van der Waals surface area contributed by atoms with E-state index in [0.29, 0.717) is 0 Å².